The quantitative estimate of drug-likeness (QED) is 0.470. The summed E-state index contributed by atoms with van der Waals surface area (Å²) in [6, 6.07) is 4.55. The summed E-state index contributed by atoms with van der Waals surface area (Å²) in [5.41, 5.74) is 8.08. The Morgan fingerprint density at radius 1 is 1.29 bits per heavy atom. The molecule has 1 saturated heterocycles. The first-order chi connectivity index (χ1) is 14.8. The van der Waals surface area contributed by atoms with Crippen molar-refractivity contribution in [1.29, 1.82) is 0 Å². The molecule has 31 heavy (non-hydrogen) atoms. The van der Waals surface area contributed by atoms with Crippen LogP contribution in [0.25, 0.3) is 0 Å². The van der Waals surface area contributed by atoms with Gasteiger partial charge in [0.15, 0.2) is 5.70 Å². The second-order valence-electron chi connectivity index (χ2n) is 7.79. The predicted octanol–water partition coefficient (Wildman–Crippen LogP) is 1.77. The molecular formula is C22H30FN5O3. The maximum atomic E-state index is 13.8. The number of fused-ring (bicyclic) bond motifs is 1. The molecule has 2 amide bonds. The zero-order valence-electron chi connectivity index (χ0n) is 18.2. The fourth-order valence-corrected chi connectivity index (χ4v) is 3.91. The van der Waals surface area contributed by atoms with Crippen LogP contribution >= 0.6 is 0 Å². The molecule has 2 heterocycles. The second-order valence-corrected chi connectivity index (χ2v) is 7.79. The zero-order chi connectivity index (χ0) is 22.5. The molecule has 1 unspecified atom stereocenters. The largest absolute Gasteiger partial charge is 0.383 e. The standard InChI is InChI=1S/C22H30FN5O3/c1-4-14-12-28(18-6-5-15(23)11-17(14)18)20(24)19(22(30)25-3)26-13(2)21(29)27-16-7-9-31-10-8-16/h5-6,11,14,16H,4,7-10,12,24H2,1-3H3,(H,25,30)(H,27,29)/b20-19-,26-13+. The number of anilines is 1. The molecule has 0 bridgehead atoms. The first-order valence-corrected chi connectivity index (χ1v) is 10.6. The summed E-state index contributed by atoms with van der Waals surface area (Å²) in [7, 11) is 1.48. The van der Waals surface area contributed by atoms with Crippen molar-refractivity contribution in [2.24, 2.45) is 10.7 Å². The van der Waals surface area contributed by atoms with E-state index in [1.807, 2.05) is 6.92 Å². The molecule has 4 N–H and O–H groups in total. The van der Waals surface area contributed by atoms with Gasteiger partial charge < -0.3 is 26.0 Å². The summed E-state index contributed by atoms with van der Waals surface area (Å²) in [4.78, 5) is 31.3. The third-order valence-electron chi connectivity index (χ3n) is 5.76. The van der Waals surface area contributed by atoms with Crippen LogP contribution in [0.1, 0.15) is 44.6 Å². The van der Waals surface area contributed by atoms with E-state index in [0.29, 0.717) is 19.8 Å². The van der Waals surface area contributed by atoms with Gasteiger partial charge in [-0.3, -0.25) is 9.59 Å². The molecule has 2 aliphatic heterocycles. The average molecular weight is 432 g/mol. The SMILES string of the molecule is CCC1CN(/C(N)=C(\N=C(/C)C(=O)NC2CCOCC2)C(=O)NC)c2ccc(F)cc21. The minimum absolute atomic E-state index is 0.0156. The number of carbonyl (C=O) groups is 2. The van der Waals surface area contributed by atoms with Crippen molar-refractivity contribution in [2.75, 3.05) is 31.7 Å². The van der Waals surface area contributed by atoms with Gasteiger partial charge >= 0.3 is 0 Å². The van der Waals surface area contributed by atoms with Crippen molar-refractivity contribution in [2.45, 2.75) is 45.1 Å². The minimum atomic E-state index is -0.501. The van der Waals surface area contributed by atoms with Gasteiger partial charge in [-0.15, -0.1) is 0 Å². The number of nitrogens with one attached hydrogen (secondary N) is 2. The van der Waals surface area contributed by atoms with Gasteiger partial charge in [0.1, 0.15) is 17.3 Å². The summed E-state index contributed by atoms with van der Waals surface area (Å²) in [5, 5.41) is 5.46. The monoisotopic (exact) mass is 431 g/mol. The Kier molecular flexibility index (Phi) is 7.27. The van der Waals surface area contributed by atoms with E-state index in [0.717, 1.165) is 30.5 Å². The van der Waals surface area contributed by atoms with E-state index in [2.05, 4.69) is 15.6 Å². The van der Waals surface area contributed by atoms with Crippen LogP contribution in [0.3, 0.4) is 0 Å². The number of benzene rings is 1. The third kappa shape index (κ3) is 5.04. The van der Waals surface area contributed by atoms with Crippen molar-refractivity contribution in [3.63, 3.8) is 0 Å². The number of halogens is 1. The highest BCUT2D eigenvalue weighted by Crippen LogP contribution is 2.40. The van der Waals surface area contributed by atoms with E-state index in [1.165, 1.54) is 19.2 Å². The molecule has 0 spiro atoms. The van der Waals surface area contributed by atoms with Crippen LogP contribution in [-0.4, -0.2) is 50.4 Å². The smallest absolute Gasteiger partial charge is 0.273 e. The predicted molar refractivity (Wildman–Crippen MR) is 117 cm³/mol. The number of likely N-dealkylation sites (N-methyl/N-ethyl adjacent to an activating group) is 1. The molecular weight excluding hydrogens is 401 g/mol. The lowest BCUT2D eigenvalue weighted by Crippen LogP contribution is -2.42. The number of ether oxygens (including phenoxy) is 1. The Bertz CT molecular complexity index is 908. The van der Waals surface area contributed by atoms with E-state index in [1.54, 1.807) is 17.9 Å². The average Bonchev–Trinajstić information content (AvgIpc) is 3.14. The highest BCUT2D eigenvalue weighted by molar-refractivity contribution is 6.38. The Hall–Kier alpha value is -2.94. The lowest BCUT2D eigenvalue weighted by atomic mass is 9.99. The molecule has 1 fully saturated rings. The van der Waals surface area contributed by atoms with E-state index < -0.39 is 5.91 Å². The Morgan fingerprint density at radius 2 is 2.00 bits per heavy atom. The molecule has 0 saturated carbocycles. The molecule has 168 valence electrons. The van der Waals surface area contributed by atoms with Crippen molar-refractivity contribution in [3.05, 3.63) is 41.1 Å². The van der Waals surface area contributed by atoms with Crippen molar-refractivity contribution < 1.29 is 18.7 Å². The molecule has 1 aromatic rings. The highest BCUT2D eigenvalue weighted by atomic mass is 19.1. The number of rotatable bonds is 6. The molecule has 0 radical (unpaired) electrons. The molecule has 0 aromatic heterocycles. The van der Waals surface area contributed by atoms with Crippen LogP contribution in [0.15, 0.2) is 34.7 Å². The fourth-order valence-electron chi connectivity index (χ4n) is 3.91. The molecule has 2 aliphatic rings. The Morgan fingerprint density at radius 3 is 2.65 bits per heavy atom. The van der Waals surface area contributed by atoms with Gasteiger partial charge in [-0.1, -0.05) is 6.92 Å². The fraction of sp³-hybridized carbons (Fsp3) is 0.500. The molecule has 8 nitrogen and oxygen atoms in total. The Balaban J connectivity index is 1.91. The number of hydrogen-bond acceptors (Lipinski definition) is 6. The van der Waals surface area contributed by atoms with E-state index in [9.17, 15) is 14.0 Å². The highest BCUT2D eigenvalue weighted by Gasteiger charge is 2.31. The van der Waals surface area contributed by atoms with E-state index in [4.69, 9.17) is 10.5 Å². The number of nitrogens with zero attached hydrogens (tertiary/aromatic N) is 2. The normalized spacial score (nSPS) is 20.2. The zero-order valence-corrected chi connectivity index (χ0v) is 18.2. The van der Waals surface area contributed by atoms with Crippen molar-refractivity contribution in [1.82, 2.24) is 10.6 Å². The molecule has 1 aromatic carbocycles. The summed E-state index contributed by atoms with van der Waals surface area (Å²) >= 11 is 0. The lowest BCUT2D eigenvalue weighted by Gasteiger charge is -2.23. The third-order valence-corrected chi connectivity index (χ3v) is 5.76. The first-order valence-electron chi connectivity index (χ1n) is 10.6. The second kappa shape index (κ2) is 9.91. The molecule has 9 heteroatoms. The van der Waals surface area contributed by atoms with E-state index >= 15 is 0 Å². The van der Waals surface area contributed by atoms with Crippen LogP contribution in [0.4, 0.5) is 10.1 Å². The Labute approximate surface area is 181 Å². The molecule has 1 atom stereocenters. The van der Waals surface area contributed by atoms with Crippen LogP contribution in [0.2, 0.25) is 0 Å². The summed E-state index contributed by atoms with van der Waals surface area (Å²) < 4.78 is 19.1. The van der Waals surface area contributed by atoms with Gasteiger partial charge in [-0.25, -0.2) is 9.38 Å². The number of aliphatic imine (C=N–C) groups is 1. The summed E-state index contributed by atoms with van der Waals surface area (Å²) in [5.74, 6) is -0.957. The van der Waals surface area contributed by atoms with Crippen molar-refractivity contribution in [3.8, 4) is 0 Å². The summed E-state index contributed by atoms with van der Waals surface area (Å²) in [6.45, 7) is 5.28. The van der Waals surface area contributed by atoms with Crippen LogP contribution in [0.5, 0.6) is 0 Å². The van der Waals surface area contributed by atoms with Crippen molar-refractivity contribution >= 4 is 23.2 Å². The number of nitrogens with two attached hydrogens (primary N) is 1. The van der Waals surface area contributed by atoms with Crippen LogP contribution in [-0.2, 0) is 14.3 Å². The number of amides is 2. The maximum Gasteiger partial charge on any atom is 0.273 e. The number of carbonyl (C=O) groups excluding carboxylic acids is 2. The maximum absolute atomic E-state index is 13.8. The van der Waals surface area contributed by atoms with Gasteiger partial charge in [-0.2, -0.15) is 0 Å². The minimum Gasteiger partial charge on any atom is -0.383 e. The first kappa shape index (κ1) is 22.7. The molecule has 3 rings (SSSR count). The van der Waals surface area contributed by atoms with Gasteiger partial charge in [0.2, 0.25) is 0 Å². The van der Waals surface area contributed by atoms with Gasteiger partial charge in [0.05, 0.1) is 0 Å². The summed E-state index contributed by atoms with van der Waals surface area (Å²) in [6.07, 6.45) is 2.27. The van der Waals surface area contributed by atoms with Gasteiger partial charge in [-0.05, 0) is 49.9 Å². The van der Waals surface area contributed by atoms with Crippen LogP contribution < -0.4 is 21.3 Å². The lowest BCUT2D eigenvalue weighted by molar-refractivity contribution is -0.117. The van der Waals surface area contributed by atoms with E-state index in [-0.39, 0.29) is 40.9 Å². The molecule has 0 aliphatic carbocycles. The van der Waals surface area contributed by atoms with Gasteiger partial charge in [0.25, 0.3) is 11.8 Å². The van der Waals surface area contributed by atoms with Gasteiger partial charge in [0, 0.05) is 44.5 Å². The number of hydrogen-bond donors (Lipinski definition) is 3. The topological polar surface area (TPSA) is 109 Å². The van der Waals surface area contributed by atoms with Crippen LogP contribution in [0, 0.1) is 5.82 Å².